The molecule has 7 nitrogen and oxygen atoms in total. The van der Waals surface area contributed by atoms with Crippen molar-refractivity contribution < 1.29 is 23.5 Å². The van der Waals surface area contributed by atoms with Crippen LogP contribution in [0.3, 0.4) is 0 Å². The number of benzene rings is 3. The van der Waals surface area contributed by atoms with E-state index in [1.807, 2.05) is 25.1 Å². The first-order valence-corrected chi connectivity index (χ1v) is 12.9. The third kappa shape index (κ3) is 6.58. The van der Waals surface area contributed by atoms with Crippen LogP contribution in [0, 0.1) is 5.82 Å². The van der Waals surface area contributed by atoms with Crippen LogP contribution in [0.25, 0.3) is 6.08 Å². The number of amides is 2. The number of ether oxygens (including phenoxy) is 2. The quantitative estimate of drug-likeness (QED) is 0.317. The maximum atomic E-state index is 13.2. The number of amidine groups is 1. The van der Waals surface area contributed by atoms with Gasteiger partial charge in [0.2, 0.25) is 0 Å². The summed E-state index contributed by atoms with van der Waals surface area (Å²) >= 11 is 4.72. The van der Waals surface area contributed by atoms with Crippen molar-refractivity contribution in [2.45, 2.75) is 6.92 Å². The highest BCUT2D eigenvalue weighted by molar-refractivity contribution is 9.10. The number of hydrogen-bond acceptors (Lipinski definition) is 6. The van der Waals surface area contributed by atoms with Crippen molar-refractivity contribution in [3.63, 3.8) is 0 Å². The number of methoxy groups -OCH3 is 1. The number of aliphatic imine (C=N–C) groups is 1. The minimum atomic E-state index is -0.351. The zero-order valence-corrected chi connectivity index (χ0v) is 22.4. The second-order valence-electron chi connectivity index (χ2n) is 7.77. The van der Waals surface area contributed by atoms with E-state index < -0.39 is 0 Å². The molecule has 1 fully saturated rings. The first-order valence-electron chi connectivity index (χ1n) is 11.3. The average molecular weight is 584 g/mol. The largest absolute Gasteiger partial charge is 0.493 e. The molecule has 0 radical (unpaired) electrons. The molecule has 37 heavy (non-hydrogen) atoms. The Balaban J connectivity index is 1.52. The zero-order chi connectivity index (χ0) is 26.4. The van der Waals surface area contributed by atoms with Gasteiger partial charge in [0.1, 0.15) is 5.82 Å². The van der Waals surface area contributed by atoms with Crippen molar-refractivity contribution in [3.05, 3.63) is 87.5 Å². The number of nitrogens with one attached hydrogen (secondary N) is 1. The molecule has 1 N–H and O–H groups in total. The fraction of sp³-hybridized carbons (Fsp3) is 0.148. The highest BCUT2D eigenvalue weighted by Crippen LogP contribution is 2.39. The Labute approximate surface area is 226 Å². The number of carbonyl (C=O) groups is 2. The predicted molar refractivity (Wildman–Crippen MR) is 148 cm³/mol. The van der Waals surface area contributed by atoms with E-state index in [0.717, 1.165) is 0 Å². The van der Waals surface area contributed by atoms with E-state index in [4.69, 9.17) is 9.47 Å². The summed E-state index contributed by atoms with van der Waals surface area (Å²) in [4.78, 5) is 31.9. The molecule has 1 aliphatic heterocycles. The number of likely N-dealkylation sites (N-methyl/N-ethyl adjacent to an activating group) is 1. The van der Waals surface area contributed by atoms with Gasteiger partial charge < -0.3 is 14.8 Å². The first kappa shape index (κ1) is 26.4. The van der Waals surface area contributed by atoms with Gasteiger partial charge in [-0.2, -0.15) is 0 Å². The van der Waals surface area contributed by atoms with Gasteiger partial charge in [-0.25, -0.2) is 9.38 Å². The lowest BCUT2D eigenvalue weighted by Crippen LogP contribution is -2.28. The van der Waals surface area contributed by atoms with E-state index in [1.54, 1.807) is 47.4 Å². The molecule has 3 aromatic carbocycles. The van der Waals surface area contributed by atoms with Crippen LogP contribution in [0.15, 0.2) is 81.1 Å². The van der Waals surface area contributed by atoms with E-state index in [9.17, 15) is 14.0 Å². The molecule has 0 aliphatic carbocycles. The lowest BCUT2D eigenvalue weighted by molar-refractivity contribution is -0.122. The second-order valence-corrected chi connectivity index (χ2v) is 9.63. The minimum absolute atomic E-state index is 0.179. The number of para-hydroxylation sites is 1. The molecule has 0 spiro atoms. The molecule has 10 heteroatoms. The van der Waals surface area contributed by atoms with Gasteiger partial charge in [-0.3, -0.25) is 14.5 Å². The topological polar surface area (TPSA) is 80.2 Å². The van der Waals surface area contributed by atoms with Crippen LogP contribution in [0.4, 0.5) is 15.8 Å². The maximum absolute atomic E-state index is 13.2. The summed E-state index contributed by atoms with van der Waals surface area (Å²) < 4.78 is 25.0. The van der Waals surface area contributed by atoms with Crippen LogP contribution in [-0.4, -0.2) is 42.1 Å². The summed E-state index contributed by atoms with van der Waals surface area (Å²) in [6.07, 6.45) is 1.74. The van der Waals surface area contributed by atoms with Crippen molar-refractivity contribution in [2.24, 2.45) is 4.99 Å². The second kappa shape index (κ2) is 12.1. The smallest absolute Gasteiger partial charge is 0.266 e. The summed E-state index contributed by atoms with van der Waals surface area (Å²) in [5, 5.41) is 3.28. The minimum Gasteiger partial charge on any atom is -0.493 e. The predicted octanol–water partition coefficient (Wildman–Crippen LogP) is 6.24. The Morgan fingerprint density at radius 3 is 2.57 bits per heavy atom. The highest BCUT2D eigenvalue weighted by Gasteiger charge is 2.32. The first-order chi connectivity index (χ1) is 17.9. The molecule has 1 saturated heterocycles. The standard InChI is InChI=1S/C27H23BrFN3O4S/c1-3-32-26(34)23(37-27(32)31-20-11-9-18(29)10-12-20)15-17-13-21(28)25(22(14-17)35-2)36-16-24(33)30-19-7-5-4-6-8-19/h4-15H,3,16H2,1-2H3,(H,30,33)/b23-15+,31-27?. The van der Waals surface area contributed by atoms with Crippen molar-refractivity contribution in [1.29, 1.82) is 0 Å². The van der Waals surface area contributed by atoms with Gasteiger partial charge in [-0.1, -0.05) is 18.2 Å². The number of hydrogen-bond donors (Lipinski definition) is 1. The van der Waals surface area contributed by atoms with Gasteiger partial charge in [0.05, 0.1) is 22.2 Å². The van der Waals surface area contributed by atoms with Crippen LogP contribution in [0.5, 0.6) is 11.5 Å². The van der Waals surface area contributed by atoms with Gasteiger partial charge in [-0.15, -0.1) is 0 Å². The lowest BCUT2D eigenvalue weighted by atomic mass is 10.2. The Kier molecular flexibility index (Phi) is 8.62. The Morgan fingerprint density at radius 2 is 1.89 bits per heavy atom. The highest BCUT2D eigenvalue weighted by atomic mass is 79.9. The number of halogens is 2. The Hall–Kier alpha value is -3.63. The van der Waals surface area contributed by atoms with Gasteiger partial charge in [0, 0.05) is 12.2 Å². The number of thioether (sulfide) groups is 1. The molecule has 1 heterocycles. The molecule has 0 atom stereocenters. The van der Waals surface area contributed by atoms with Crippen LogP contribution in [0.2, 0.25) is 0 Å². The summed E-state index contributed by atoms with van der Waals surface area (Å²) in [7, 11) is 1.50. The Morgan fingerprint density at radius 1 is 1.16 bits per heavy atom. The molecule has 190 valence electrons. The summed E-state index contributed by atoms with van der Waals surface area (Å²) in [6.45, 7) is 2.09. The molecule has 0 bridgehead atoms. The fourth-order valence-electron chi connectivity index (χ4n) is 3.47. The van der Waals surface area contributed by atoms with E-state index in [-0.39, 0.29) is 24.2 Å². The fourth-order valence-corrected chi connectivity index (χ4v) is 5.10. The number of rotatable bonds is 8. The summed E-state index contributed by atoms with van der Waals surface area (Å²) in [5.74, 6) is -0.0761. The van der Waals surface area contributed by atoms with Gasteiger partial charge in [-0.05, 0) is 94.8 Å². The van der Waals surface area contributed by atoms with E-state index in [2.05, 4.69) is 26.2 Å². The summed E-state index contributed by atoms with van der Waals surface area (Å²) in [5.41, 5.74) is 1.92. The number of nitrogens with zero attached hydrogens (tertiary/aromatic N) is 2. The molecule has 4 rings (SSSR count). The monoisotopic (exact) mass is 583 g/mol. The maximum Gasteiger partial charge on any atom is 0.266 e. The third-order valence-corrected chi connectivity index (χ3v) is 6.81. The van der Waals surface area contributed by atoms with Crippen LogP contribution in [0.1, 0.15) is 12.5 Å². The number of carbonyl (C=O) groups excluding carboxylic acids is 2. The number of anilines is 1. The summed E-state index contributed by atoms with van der Waals surface area (Å²) in [6, 6.07) is 18.4. The van der Waals surface area contributed by atoms with Crippen molar-refractivity contribution in [1.82, 2.24) is 4.90 Å². The Bertz CT molecular complexity index is 1360. The molecule has 0 unspecified atom stereocenters. The third-order valence-electron chi connectivity index (χ3n) is 5.21. The lowest BCUT2D eigenvalue weighted by Gasteiger charge is -2.14. The van der Waals surface area contributed by atoms with Crippen molar-refractivity contribution >= 4 is 62.1 Å². The van der Waals surface area contributed by atoms with E-state index in [1.165, 1.54) is 31.0 Å². The molecule has 3 aromatic rings. The molecular formula is C27H23BrFN3O4S. The van der Waals surface area contributed by atoms with Crippen LogP contribution >= 0.6 is 27.7 Å². The normalized spacial score (nSPS) is 15.4. The average Bonchev–Trinajstić information content (AvgIpc) is 3.18. The molecule has 0 saturated carbocycles. The van der Waals surface area contributed by atoms with Crippen molar-refractivity contribution in [3.8, 4) is 11.5 Å². The SMILES string of the molecule is CCN1C(=O)/C(=C\c2cc(Br)c(OCC(=O)Nc3ccccc3)c(OC)c2)SC1=Nc1ccc(F)cc1. The zero-order valence-electron chi connectivity index (χ0n) is 20.0. The van der Waals surface area contributed by atoms with Crippen LogP contribution < -0.4 is 14.8 Å². The van der Waals surface area contributed by atoms with Crippen LogP contribution in [-0.2, 0) is 9.59 Å². The molecule has 0 aromatic heterocycles. The molecule has 2 amide bonds. The molecular weight excluding hydrogens is 561 g/mol. The van der Waals surface area contributed by atoms with Gasteiger partial charge in [0.25, 0.3) is 11.8 Å². The van der Waals surface area contributed by atoms with Crippen molar-refractivity contribution in [2.75, 3.05) is 25.6 Å². The van der Waals surface area contributed by atoms with Gasteiger partial charge in [0.15, 0.2) is 23.3 Å². The van der Waals surface area contributed by atoms with E-state index in [0.29, 0.717) is 49.5 Å². The molecule has 1 aliphatic rings. The van der Waals surface area contributed by atoms with E-state index >= 15 is 0 Å². The van der Waals surface area contributed by atoms with Gasteiger partial charge >= 0.3 is 0 Å².